The smallest absolute Gasteiger partial charge is 0.00429 e. The van der Waals surface area contributed by atoms with Gasteiger partial charge in [-0.2, -0.15) is 0 Å². The molecule has 0 spiro atoms. The van der Waals surface area contributed by atoms with E-state index in [1.165, 1.54) is 50.5 Å². The first-order chi connectivity index (χ1) is 7.79. The van der Waals surface area contributed by atoms with Gasteiger partial charge in [0.05, 0.1) is 0 Å². The lowest BCUT2D eigenvalue weighted by molar-refractivity contribution is 0.627. The van der Waals surface area contributed by atoms with Gasteiger partial charge in [-0.05, 0) is 36.3 Å². The predicted molar refractivity (Wildman–Crippen MR) is 72.0 cm³/mol. The molecule has 0 fully saturated rings. The van der Waals surface area contributed by atoms with Gasteiger partial charge in [-0.25, -0.2) is 0 Å². The largest absolute Gasteiger partial charge is 0.367 e. The second-order valence-corrected chi connectivity index (χ2v) is 4.91. The summed E-state index contributed by atoms with van der Waals surface area (Å²) in [7, 11) is 0. The minimum atomic E-state index is 0.705. The fraction of sp³-hybridized carbons (Fsp3) is 0.733. The van der Waals surface area contributed by atoms with Gasteiger partial charge in [0.25, 0.3) is 0 Å². The third-order valence-corrected chi connectivity index (χ3v) is 3.56. The lowest BCUT2D eigenvalue weighted by atomic mass is 9.95. The van der Waals surface area contributed by atoms with Gasteiger partial charge in [0.1, 0.15) is 0 Å². The topological polar surface area (TPSA) is 15.8 Å². The Labute approximate surface area is 101 Å². The molecule has 92 valence electrons. The fourth-order valence-corrected chi connectivity index (χ4v) is 2.22. The van der Waals surface area contributed by atoms with Crippen LogP contribution in [0.5, 0.6) is 0 Å². The van der Waals surface area contributed by atoms with Crippen LogP contribution >= 0.6 is 0 Å². The number of aromatic amines is 1. The van der Waals surface area contributed by atoms with Gasteiger partial charge in [-0.3, -0.25) is 0 Å². The van der Waals surface area contributed by atoms with Gasteiger partial charge in [-0.1, -0.05) is 46.5 Å². The molecule has 1 unspecified atom stereocenters. The summed E-state index contributed by atoms with van der Waals surface area (Å²) in [5, 5.41) is 0. The van der Waals surface area contributed by atoms with E-state index >= 15 is 0 Å². The molecular weight excluding hydrogens is 194 g/mol. The van der Waals surface area contributed by atoms with Crippen LogP contribution in [-0.2, 0) is 6.42 Å². The van der Waals surface area contributed by atoms with E-state index in [0.717, 1.165) is 0 Å². The molecule has 0 saturated carbocycles. The number of aryl methyl sites for hydroxylation is 1. The maximum Gasteiger partial charge on any atom is 0.00429 e. The Morgan fingerprint density at radius 1 is 1.06 bits per heavy atom. The van der Waals surface area contributed by atoms with Gasteiger partial charge in [-0.15, -0.1) is 0 Å². The third kappa shape index (κ3) is 4.03. The van der Waals surface area contributed by atoms with Crippen LogP contribution in [0.2, 0.25) is 0 Å². The van der Waals surface area contributed by atoms with E-state index in [9.17, 15) is 0 Å². The molecule has 1 atom stereocenters. The second-order valence-electron chi connectivity index (χ2n) is 4.91. The highest BCUT2D eigenvalue weighted by Gasteiger charge is 2.09. The highest BCUT2D eigenvalue weighted by atomic mass is 14.6. The highest BCUT2D eigenvalue weighted by molar-refractivity contribution is 5.26. The molecule has 16 heavy (non-hydrogen) atoms. The van der Waals surface area contributed by atoms with Crippen molar-refractivity contribution in [3.63, 3.8) is 0 Å². The quantitative estimate of drug-likeness (QED) is 0.592. The number of aromatic nitrogens is 1. The Morgan fingerprint density at radius 3 is 2.50 bits per heavy atom. The first kappa shape index (κ1) is 13.3. The van der Waals surface area contributed by atoms with E-state index in [4.69, 9.17) is 0 Å². The van der Waals surface area contributed by atoms with Crippen molar-refractivity contribution in [3.8, 4) is 0 Å². The molecule has 1 heterocycles. The van der Waals surface area contributed by atoms with Crippen molar-refractivity contribution < 1.29 is 0 Å². The van der Waals surface area contributed by atoms with E-state index in [1.807, 2.05) is 0 Å². The average Bonchev–Trinajstić information content (AvgIpc) is 2.76. The van der Waals surface area contributed by atoms with Crippen LogP contribution < -0.4 is 0 Å². The molecule has 1 nitrogen and oxygen atoms in total. The lowest BCUT2D eigenvalue weighted by Crippen LogP contribution is -1.95. The zero-order chi connectivity index (χ0) is 11.8. The lowest BCUT2D eigenvalue weighted by Gasteiger charge is -2.09. The molecule has 1 aromatic rings. The molecule has 0 amide bonds. The number of hydrogen-bond acceptors (Lipinski definition) is 0. The standard InChI is InChI=1S/C15H27N/c1-4-6-7-8-9-10-14-11-16-12-15(14)13(3)5-2/h11-13,16H,4-10H2,1-3H3. The monoisotopic (exact) mass is 221 g/mol. The summed E-state index contributed by atoms with van der Waals surface area (Å²) in [5.74, 6) is 0.705. The van der Waals surface area contributed by atoms with Crippen LogP contribution in [0.4, 0.5) is 0 Å². The molecule has 0 aliphatic carbocycles. The summed E-state index contributed by atoms with van der Waals surface area (Å²) in [5.41, 5.74) is 3.09. The first-order valence-corrected chi connectivity index (χ1v) is 6.95. The maximum absolute atomic E-state index is 3.27. The van der Waals surface area contributed by atoms with E-state index in [2.05, 4.69) is 38.1 Å². The summed E-state index contributed by atoms with van der Waals surface area (Å²) in [4.78, 5) is 3.27. The third-order valence-electron chi connectivity index (χ3n) is 3.56. The Kier molecular flexibility index (Phi) is 6.29. The Balaban J connectivity index is 2.33. The van der Waals surface area contributed by atoms with Crippen LogP contribution in [-0.4, -0.2) is 4.98 Å². The van der Waals surface area contributed by atoms with Crippen LogP contribution in [0.3, 0.4) is 0 Å². The number of hydrogen-bond donors (Lipinski definition) is 1. The SMILES string of the molecule is CCCCCCCc1c[nH]cc1C(C)CC. The first-order valence-electron chi connectivity index (χ1n) is 6.95. The molecule has 1 aromatic heterocycles. The summed E-state index contributed by atoms with van der Waals surface area (Å²) in [6.45, 7) is 6.86. The Hall–Kier alpha value is -0.720. The molecule has 0 bridgehead atoms. The normalized spacial score (nSPS) is 12.9. The molecule has 1 heteroatoms. The second kappa shape index (κ2) is 7.54. The molecule has 1 rings (SSSR count). The zero-order valence-corrected chi connectivity index (χ0v) is 11.2. The Morgan fingerprint density at radius 2 is 1.81 bits per heavy atom. The number of unbranched alkanes of at least 4 members (excludes halogenated alkanes) is 4. The molecule has 0 saturated heterocycles. The van der Waals surface area contributed by atoms with Crippen LogP contribution in [0.1, 0.15) is 76.3 Å². The van der Waals surface area contributed by atoms with Gasteiger partial charge < -0.3 is 4.98 Å². The average molecular weight is 221 g/mol. The molecule has 0 aromatic carbocycles. The van der Waals surface area contributed by atoms with Crippen molar-refractivity contribution in [2.24, 2.45) is 0 Å². The number of rotatable bonds is 8. The van der Waals surface area contributed by atoms with Crippen molar-refractivity contribution in [1.82, 2.24) is 4.98 Å². The number of H-pyrrole nitrogens is 1. The molecule has 0 aliphatic rings. The van der Waals surface area contributed by atoms with Gasteiger partial charge >= 0.3 is 0 Å². The van der Waals surface area contributed by atoms with E-state index in [0.29, 0.717) is 5.92 Å². The zero-order valence-electron chi connectivity index (χ0n) is 11.2. The molecule has 0 radical (unpaired) electrons. The van der Waals surface area contributed by atoms with Crippen LogP contribution in [0, 0.1) is 0 Å². The van der Waals surface area contributed by atoms with Gasteiger partial charge in [0.15, 0.2) is 0 Å². The molecular formula is C15H27N. The van der Waals surface area contributed by atoms with Crippen molar-refractivity contribution in [2.45, 2.75) is 71.6 Å². The van der Waals surface area contributed by atoms with E-state index in [1.54, 1.807) is 5.56 Å². The van der Waals surface area contributed by atoms with Crippen LogP contribution in [0.25, 0.3) is 0 Å². The summed E-state index contributed by atoms with van der Waals surface area (Å²) in [6.07, 6.45) is 13.7. The van der Waals surface area contributed by atoms with Gasteiger partial charge in [0.2, 0.25) is 0 Å². The van der Waals surface area contributed by atoms with Crippen molar-refractivity contribution in [1.29, 1.82) is 0 Å². The summed E-state index contributed by atoms with van der Waals surface area (Å²) < 4.78 is 0. The highest BCUT2D eigenvalue weighted by Crippen LogP contribution is 2.23. The van der Waals surface area contributed by atoms with Crippen LogP contribution in [0.15, 0.2) is 12.4 Å². The van der Waals surface area contributed by atoms with E-state index < -0.39 is 0 Å². The molecule has 0 aliphatic heterocycles. The number of nitrogens with one attached hydrogen (secondary N) is 1. The van der Waals surface area contributed by atoms with Crippen molar-refractivity contribution in [2.75, 3.05) is 0 Å². The van der Waals surface area contributed by atoms with Crippen molar-refractivity contribution in [3.05, 3.63) is 23.5 Å². The maximum atomic E-state index is 3.27. The summed E-state index contributed by atoms with van der Waals surface area (Å²) >= 11 is 0. The minimum Gasteiger partial charge on any atom is -0.367 e. The van der Waals surface area contributed by atoms with Crippen molar-refractivity contribution >= 4 is 0 Å². The van der Waals surface area contributed by atoms with Gasteiger partial charge in [0, 0.05) is 12.4 Å². The predicted octanol–water partition coefficient (Wildman–Crippen LogP) is 5.04. The summed E-state index contributed by atoms with van der Waals surface area (Å²) in [6, 6.07) is 0. The minimum absolute atomic E-state index is 0.705. The molecule has 1 N–H and O–H groups in total. The van der Waals surface area contributed by atoms with E-state index in [-0.39, 0.29) is 0 Å². The Bertz CT molecular complexity index is 275. The fourth-order valence-electron chi connectivity index (χ4n) is 2.22.